The standard InChI is InChI=1S/C12H24FNSi/c1-3-5-10-15(13,11-6-4-2)12-8-7-9-14/h3-8,10-12H2,1-2H3. The molecule has 0 rings (SSSR count). The molecule has 88 valence electrons. The molecule has 3 heteroatoms. The van der Waals surface area contributed by atoms with Crippen LogP contribution in [0.25, 0.3) is 0 Å². The molecule has 0 aromatic carbocycles. The Hall–Kier alpha value is -0.363. The quantitative estimate of drug-likeness (QED) is 0.316. The van der Waals surface area contributed by atoms with Gasteiger partial charge in [-0.05, 0) is 24.6 Å². The maximum absolute atomic E-state index is 14.5. The minimum Gasteiger partial charge on any atom is -0.314 e. The van der Waals surface area contributed by atoms with Gasteiger partial charge in [0.2, 0.25) is 8.41 Å². The van der Waals surface area contributed by atoms with Gasteiger partial charge in [-0.15, -0.1) is 0 Å². The van der Waals surface area contributed by atoms with Gasteiger partial charge in [0, 0.05) is 6.42 Å². The first-order valence-corrected chi connectivity index (χ1v) is 8.74. The highest BCUT2D eigenvalue weighted by molar-refractivity contribution is 6.73. The Morgan fingerprint density at radius 1 is 1.00 bits per heavy atom. The molecule has 0 aromatic heterocycles. The van der Waals surface area contributed by atoms with E-state index in [2.05, 4.69) is 19.9 Å². The van der Waals surface area contributed by atoms with Crippen molar-refractivity contribution in [1.29, 1.82) is 5.26 Å². The third kappa shape index (κ3) is 7.55. The number of halogens is 1. The monoisotopic (exact) mass is 229 g/mol. The first kappa shape index (κ1) is 14.6. The van der Waals surface area contributed by atoms with Crippen LogP contribution in [0, 0.1) is 11.3 Å². The van der Waals surface area contributed by atoms with Crippen molar-refractivity contribution in [1.82, 2.24) is 0 Å². The Morgan fingerprint density at radius 2 is 1.47 bits per heavy atom. The molecule has 0 aliphatic rings. The first-order chi connectivity index (χ1) is 7.18. The summed E-state index contributed by atoms with van der Waals surface area (Å²) in [7, 11) is -2.48. The summed E-state index contributed by atoms with van der Waals surface area (Å²) in [6.45, 7) is 4.23. The predicted octanol–water partition coefficient (Wildman–Crippen LogP) is 4.81. The van der Waals surface area contributed by atoms with E-state index in [1.807, 2.05) is 0 Å². The molecule has 1 nitrogen and oxygen atoms in total. The van der Waals surface area contributed by atoms with Crippen LogP contribution in [0.3, 0.4) is 0 Å². The molecule has 0 aliphatic carbocycles. The fraction of sp³-hybridized carbons (Fsp3) is 0.917. The summed E-state index contributed by atoms with van der Waals surface area (Å²) in [6.07, 6.45) is 5.52. The van der Waals surface area contributed by atoms with Crippen LogP contribution in [-0.4, -0.2) is 8.41 Å². The van der Waals surface area contributed by atoms with Crippen LogP contribution in [-0.2, 0) is 0 Å². The summed E-state index contributed by atoms with van der Waals surface area (Å²) in [5, 5.41) is 8.46. The molecule has 0 fully saturated rings. The molecule has 15 heavy (non-hydrogen) atoms. The summed E-state index contributed by atoms with van der Waals surface area (Å²) >= 11 is 0. The minimum atomic E-state index is -2.48. The van der Waals surface area contributed by atoms with Crippen molar-refractivity contribution in [2.45, 2.75) is 70.5 Å². The van der Waals surface area contributed by atoms with E-state index in [4.69, 9.17) is 5.26 Å². The van der Waals surface area contributed by atoms with Gasteiger partial charge in [-0.1, -0.05) is 39.5 Å². The zero-order chi connectivity index (χ0) is 11.6. The normalized spacial score (nSPS) is 11.3. The van der Waals surface area contributed by atoms with Crippen molar-refractivity contribution in [2.75, 3.05) is 0 Å². The highest BCUT2D eigenvalue weighted by Crippen LogP contribution is 2.29. The van der Waals surface area contributed by atoms with E-state index in [0.717, 1.165) is 44.2 Å². The molecule has 0 bridgehead atoms. The predicted molar refractivity (Wildman–Crippen MR) is 65.9 cm³/mol. The lowest BCUT2D eigenvalue weighted by molar-refractivity contribution is 0.678. The summed E-state index contributed by atoms with van der Waals surface area (Å²) in [4.78, 5) is 0. The van der Waals surface area contributed by atoms with Gasteiger partial charge in [0.1, 0.15) is 0 Å². The second-order valence-corrected chi connectivity index (χ2v) is 8.17. The highest BCUT2D eigenvalue weighted by Gasteiger charge is 2.31. The molecule has 0 unspecified atom stereocenters. The summed E-state index contributed by atoms with van der Waals surface area (Å²) in [5.41, 5.74) is 0. The molecular weight excluding hydrogens is 205 g/mol. The average Bonchev–Trinajstić information content (AvgIpc) is 2.24. The van der Waals surface area contributed by atoms with Gasteiger partial charge in [0.15, 0.2) is 0 Å². The summed E-state index contributed by atoms with van der Waals surface area (Å²) < 4.78 is 14.5. The average molecular weight is 229 g/mol. The van der Waals surface area contributed by atoms with E-state index >= 15 is 0 Å². The van der Waals surface area contributed by atoms with Crippen LogP contribution in [0.5, 0.6) is 0 Å². The van der Waals surface area contributed by atoms with Crippen molar-refractivity contribution in [3.05, 3.63) is 0 Å². The summed E-state index contributed by atoms with van der Waals surface area (Å²) in [6, 6.07) is 4.45. The van der Waals surface area contributed by atoms with Crippen LogP contribution >= 0.6 is 0 Å². The minimum absolute atomic E-state index is 0.525. The topological polar surface area (TPSA) is 23.8 Å². The second-order valence-electron chi connectivity index (χ2n) is 4.37. The van der Waals surface area contributed by atoms with Crippen molar-refractivity contribution in [2.24, 2.45) is 0 Å². The number of hydrogen-bond donors (Lipinski definition) is 0. The maximum Gasteiger partial charge on any atom is 0.247 e. The van der Waals surface area contributed by atoms with Crippen molar-refractivity contribution >= 4 is 8.41 Å². The second kappa shape index (κ2) is 8.91. The SMILES string of the molecule is CCCC[Si](F)(CCCC)CCCC#N. The fourth-order valence-electron chi connectivity index (χ4n) is 1.85. The lowest BCUT2D eigenvalue weighted by atomic mass is 10.4. The molecule has 0 aliphatic heterocycles. The van der Waals surface area contributed by atoms with Crippen LogP contribution in [0.15, 0.2) is 0 Å². The lowest BCUT2D eigenvalue weighted by Gasteiger charge is -2.21. The first-order valence-electron chi connectivity index (χ1n) is 6.24. The van der Waals surface area contributed by atoms with E-state index in [-0.39, 0.29) is 0 Å². The smallest absolute Gasteiger partial charge is 0.247 e. The lowest BCUT2D eigenvalue weighted by Crippen LogP contribution is -2.27. The number of nitriles is 1. The van der Waals surface area contributed by atoms with Gasteiger partial charge in [0.05, 0.1) is 6.07 Å². The van der Waals surface area contributed by atoms with Gasteiger partial charge < -0.3 is 4.11 Å². The Balaban J connectivity index is 3.96. The molecule has 0 atom stereocenters. The van der Waals surface area contributed by atoms with E-state index in [1.165, 1.54) is 0 Å². The van der Waals surface area contributed by atoms with Crippen LogP contribution in [0.4, 0.5) is 4.11 Å². The Bertz CT molecular complexity index is 181. The molecule has 0 radical (unpaired) electrons. The molecule has 0 heterocycles. The number of unbranched alkanes of at least 4 members (excludes halogenated alkanes) is 3. The van der Waals surface area contributed by atoms with Gasteiger partial charge in [0.25, 0.3) is 0 Å². The Kier molecular flexibility index (Phi) is 8.69. The number of nitrogens with zero attached hydrogens (tertiary/aromatic N) is 1. The van der Waals surface area contributed by atoms with Crippen molar-refractivity contribution < 1.29 is 4.11 Å². The van der Waals surface area contributed by atoms with E-state index < -0.39 is 8.41 Å². The Morgan fingerprint density at radius 3 is 1.87 bits per heavy atom. The number of rotatable bonds is 9. The molecule has 0 N–H and O–H groups in total. The summed E-state index contributed by atoms with van der Waals surface area (Å²) in [5.74, 6) is 0. The fourth-order valence-corrected chi connectivity index (χ4v) is 5.38. The molecule has 0 saturated heterocycles. The van der Waals surface area contributed by atoms with Crippen LogP contribution < -0.4 is 0 Å². The van der Waals surface area contributed by atoms with Crippen LogP contribution in [0.1, 0.15) is 52.4 Å². The number of hydrogen-bond acceptors (Lipinski definition) is 1. The molecule has 0 amide bonds. The Labute approximate surface area is 94.9 Å². The third-order valence-electron chi connectivity index (χ3n) is 2.87. The molecule has 0 spiro atoms. The van der Waals surface area contributed by atoms with Gasteiger partial charge in [-0.2, -0.15) is 5.26 Å². The van der Waals surface area contributed by atoms with Crippen molar-refractivity contribution in [3.8, 4) is 6.07 Å². The zero-order valence-corrected chi connectivity index (χ0v) is 11.2. The van der Waals surface area contributed by atoms with E-state index in [1.54, 1.807) is 0 Å². The molecule has 0 aromatic rings. The van der Waals surface area contributed by atoms with Gasteiger partial charge >= 0.3 is 0 Å². The van der Waals surface area contributed by atoms with Gasteiger partial charge in [-0.25, -0.2) is 0 Å². The maximum atomic E-state index is 14.5. The largest absolute Gasteiger partial charge is 0.314 e. The third-order valence-corrected chi connectivity index (χ3v) is 6.62. The van der Waals surface area contributed by atoms with Crippen LogP contribution in [0.2, 0.25) is 18.1 Å². The van der Waals surface area contributed by atoms with Gasteiger partial charge in [-0.3, -0.25) is 0 Å². The zero-order valence-electron chi connectivity index (χ0n) is 10.2. The molecule has 0 saturated carbocycles. The van der Waals surface area contributed by atoms with E-state index in [0.29, 0.717) is 12.5 Å². The van der Waals surface area contributed by atoms with E-state index in [9.17, 15) is 4.11 Å². The highest BCUT2D eigenvalue weighted by atomic mass is 28.4. The van der Waals surface area contributed by atoms with Crippen molar-refractivity contribution in [3.63, 3.8) is 0 Å². The molecular formula is C12H24FNSi.